The van der Waals surface area contributed by atoms with Crippen molar-refractivity contribution in [1.82, 2.24) is 18.4 Å². The number of nitrogens with zero attached hydrogens (tertiary/aromatic N) is 3. The summed E-state index contributed by atoms with van der Waals surface area (Å²) in [5.74, 6) is -0.363. The lowest BCUT2D eigenvalue weighted by Crippen LogP contribution is -2.42. The summed E-state index contributed by atoms with van der Waals surface area (Å²) in [5.41, 5.74) is 1.26. The highest BCUT2D eigenvalue weighted by Crippen LogP contribution is 2.24. The Morgan fingerprint density at radius 1 is 1.00 bits per heavy atom. The maximum atomic E-state index is 13.3. The molecule has 34 heavy (non-hydrogen) atoms. The van der Waals surface area contributed by atoms with Crippen molar-refractivity contribution in [2.24, 2.45) is 0 Å². The minimum Gasteiger partial charge on any atom is -0.360 e. The van der Waals surface area contributed by atoms with Crippen LogP contribution in [-0.4, -0.2) is 46.7 Å². The Kier molecular flexibility index (Phi) is 6.05. The van der Waals surface area contributed by atoms with Crippen LogP contribution < -0.4 is 11.1 Å². The van der Waals surface area contributed by atoms with Crippen LogP contribution in [0, 0.1) is 0 Å². The van der Waals surface area contributed by atoms with E-state index in [4.69, 9.17) is 0 Å². The van der Waals surface area contributed by atoms with Gasteiger partial charge >= 0.3 is 11.1 Å². The van der Waals surface area contributed by atoms with Crippen molar-refractivity contribution in [3.05, 3.63) is 74.4 Å². The number of carbonyl (C=O) groups excluding carboxylic acids is 1. The van der Waals surface area contributed by atoms with Crippen LogP contribution in [0.4, 0.5) is 0 Å². The topological polar surface area (TPSA) is 114 Å². The molecule has 0 aliphatic rings. The van der Waals surface area contributed by atoms with Crippen LogP contribution in [0.5, 0.6) is 0 Å². The number of benzene rings is 2. The van der Waals surface area contributed by atoms with Crippen LogP contribution in [-0.2, 0) is 29.5 Å². The molecule has 0 radical (unpaired) electrons. The van der Waals surface area contributed by atoms with E-state index in [0.29, 0.717) is 11.1 Å². The highest BCUT2D eigenvalue weighted by Gasteiger charge is 2.22. The molecule has 10 heteroatoms. The number of sulfonamides is 1. The smallest absolute Gasteiger partial charge is 0.317 e. The van der Waals surface area contributed by atoms with Crippen molar-refractivity contribution in [1.29, 1.82) is 0 Å². The zero-order valence-corrected chi connectivity index (χ0v) is 20.3. The molecule has 0 fully saturated rings. The second-order valence-electron chi connectivity index (χ2n) is 8.20. The van der Waals surface area contributed by atoms with E-state index < -0.39 is 27.7 Å². The number of aromatic nitrogens is 3. The molecule has 0 atom stereocenters. The third-order valence-electron chi connectivity index (χ3n) is 6.08. The molecule has 0 bridgehead atoms. The Labute approximate surface area is 196 Å². The van der Waals surface area contributed by atoms with Gasteiger partial charge in [0, 0.05) is 43.3 Å². The molecule has 2 heterocycles. The Morgan fingerprint density at radius 2 is 1.71 bits per heavy atom. The van der Waals surface area contributed by atoms with E-state index in [2.05, 4.69) is 4.98 Å². The molecule has 0 spiro atoms. The SMILES string of the molecule is CCc1cccc2c(C(=O)Cn3c(=O)c(=O)n(CC)c4ccc(S(=O)(=O)N(C)C)cc43)c[nH]c12. The minimum atomic E-state index is -3.80. The maximum Gasteiger partial charge on any atom is 0.317 e. The molecule has 1 N–H and O–H groups in total. The Bertz CT molecular complexity index is 1660. The zero-order chi connectivity index (χ0) is 24.8. The van der Waals surface area contributed by atoms with Gasteiger partial charge in [-0.3, -0.25) is 19.0 Å². The molecule has 0 unspecified atom stereocenters. The van der Waals surface area contributed by atoms with Gasteiger partial charge in [0.2, 0.25) is 10.0 Å². The zero-order valence-electron chi connectivity index (χ0n) is 19.5. The van der Waals surface area contributed by atoms with Gasteiger partial charge in [-0.2, -0.15) is 0 Å². The van der Waals surface area contributed by atoms with E-state index in [1.165, 1.54) is 36.9 Å². The molecule has 9 nitrogen and oxygen atoms in total. The molecule has 0 amide bonds. The van der Waals surface area contributed by atoms with Gasteiger partial charge in [0.25, 0.3) is 0 Å². The van der Waals surface area contributed by atoms with Crippen molar-refractivity contribution in [3.8, 4) is 0 Å². The van der Waals surface area contributed by atoms with Crippen molar-refractivity contribution < 1.29 is 13.2 Å². The number of hydrogen-bond acceptors (Lipinski definition) is 5. The van der Waals surface area contributed by atoms with Crippen LogP contribution in [0.2, 0.25) is 0 Å². The lowest BCUT2D eigenvalue weighted by atomic mass is 10.0. The van der Waals surface area contributed by atoms with Crippen LogP contribution in [0.25, 0.3) is 21.9 Å². The van der Waals surface area contributed by atoms with Crippen LogP contribution in [0.1, 0.15) is 29.8 Å². The second kappa shape index (κ2) is 8.69. The number of carbonyl (C=O) groups is 1. The van der Waals surface area contributed by atoms with Crippen molar-refractivity contribution in [3.63, 3.8) is 0 Å². The average Bonchev–Trinajstić information content (AvgIpc) is 3.26. The fourth-order valence-electron chi connectivity index (χ4n) is 4.21. The molecule has 4 aromatic rings. The highest BCUT2D eigenvalue weighted by molar-refractivity contribution is 7.89. The van der Waals surface area contributed by atoms with E-state index in [0.717, 1.165) is 31.8 Å². The summed E-state index contributed by atoms with van der Waals surface area (Å²) in [7, 11) is -0.980. The lowest BCUT2D eigenvalue weighted by molar-refractivity contribution is 0.0973. The average molecular weight is 483 g/mol. The summed E-state index contributed by atoms with van der Waals surface area (Å²) in [4.78, 5) is 42.2. The molecular weight excluding hydrogens is 456 g/mol. The van der Waals surface area contributed by atoms with Crippen molar-refractivity contribution in [2.45, 2.75) is 38.3 Å². The summed E-state index contributed by atoms with van der Waals surface area (Å²) in [5, 5.41) is 0.736. The summed E-state index contributed by atoms with van der Waals surface area (Å²) >= 11 is 0. The first-order valence-corrected chi connectivity index (χ1v) is 12.4. The van der Waals surface area contributed by atoms with Gasteiger partial charge in [0.15, 0.2) is 5.78 Å². The van der Waals surface area contributed by atoms with Crippen molar-refractivity contribution in [2.75, 3.05) is 14.1 Å². The van der Waals surface area contributed by atoms with Crippen LogP contribution >= 0.6 is 0 Å². The van der Waals surface area contributed by atoms with Gasteiger partial charge in [-0.1, -0.05) is 25.1 Å². The number of rotatable bonds is 7. The number of hydrogen-bond donors (Lipinski definition) is 1. The number of nitrogens with one attached hydrogen (secondary N) is 1. The number of aromatic amines is 1. The van der Waals surface area contributed by atoms with Crippen LogP contribution in [0.3, 0.4) is 0 Å². The highest BCUT2D eigenvalue weighted by atomic mass is 32.2. The molecule has 4 rings (SSSR count). The summed E-state index contributed by atoms with van der Waals surface area (Å²) in [6.07, 6.45) is 2.39. The van der Waals surface area contributed by atoms with Gasteiger partial charge in [0.1, 0.15) is 0 Å². The van der Waals surface area contributed by atoms with Crippen LogP contribution in [0.15, 0.2) is 57.1 Å². The largest absolute Gasteiger partial charge is 0.360 e. The first kappa shape index (κ1) is 23.7. The second-order valence-corrected chi connectivity index (χ2v) is 10.3. The van der Waals surface area contributed by atoms with E-state index in [9.17, 15) is 22.8 Å². The summed E-state index contributed by atoms with van der Waals surface area (Å²) < 4.78 is 28.8. The standard InChI is InChI=1S/C24H26N4O5S/c1-5-15-8-7-9-17-18(13-25-22(15)17)21(29)14-28-20-12-16(34(32,33)26(3)4)10-11-19(20)27(6-2)23(30)24(28)31/h7-13,25H,5-6,14H2,1-4H3. The van der Waals surface area contributed by atoms with Gasteiger partial charge in [-0.15, -0.1) is 0 Å². The molecule has 2 aromatic heterocycles. The first-order valence-electron chi connectivity index (χ1n) is 10.9. The Hall–Kier alpha value is -3.50. The van der Waals surface area contributed by atoms with Gasteiger partial charge < -0.3 is 9.55 Å². The molecule has 0 saturated carbocycles. The summed E-state index contributed by atoms with van der Waals surface area (Å²) in [6, 6.07) is 9.91. The fourth-order valence-corrected chi connectivity index (χ4v) is 5.13. The number of H-pyrrole nitrogens is 1. The number of para-hydroxylation sites is 1. The van der Waals surface area contributed by atoms with E-state index >= 15 is 0 Å². The van der Waals surface area contributed by atoms with E-state index in [-0.39, 0.29) is 22.7 Å². The number of fused-ring (bicyclic) bond motifs is 2. The molecule has 0 aliphatic heterocycles. The Morgan fingerprint density at radius 3 is 2.35 bits per heavy atom. The van der Waals surface area contributed by atoms with Gasteiger partial charge in [0.05, 0.1) is 22.5 Å². The monoisotopic (exact) mass is 482 g/mol. The van der Waals surface area contributed by atoms with Gasteiger partial charge in [-0.25, -0.2) is 12.7 Å². The third kappa shape index (κ3) is 3.68. The Balaban J connectivity index is 1.93. The third-order valence-corrected chi connectivity index (χ3v) is 7.89. The fraction of sp³-hybridized carbons (Fsp3) is 0.292. The first-order chi connectivity index (χ1) is 16.1. The number of ketones is 1. The predicted octanol–water partition coefficient (Wildman–Crippen LogP) is 2.36. The van der Waals surface area contributed by atoms with E-state index in [1.54, 1.807) is 13.1 Å². The molecular formula is C24H26N4O5S. The van der Waals surface area contributed by atoms with E-state index in [1.807, 2.05) is 25.1 Å². The molecule has 0 aliphatic carbocycles. The minimum absolute atomic E-state index is 0.0356. The lowest BCUT2D eigenvalue weighted by Gasteiger charge is -2.16. The molecule has 178 valence electrons. The molecule has 2 aromatic carbocycles. The normalized spacial score (nSPS) is 12.1. The summed E-state index contributed by atoms with van der Waals surface area (Å²) in [6.45, 7) is 3.56. The number of Topliss-reactive ketones (excluding diaryl/α,β-unsaturated/α-hetero) is 1. The maximum absolute atomic E-state index is 13.3. The van der Waals surface area contributed by atoms with Crippen molar-refractivity contribution >= 4 is 37.7 Å². The molecule has 0 saturated heterocycles. The number of aryl methyl sites for hydroxylation is 2. The van der Waals surface area contributed by atoms with Gasteiger partial charge in [-0.05, 0) is 37.1 Å². The quantitative estimate of drug-likeness (QED) is 0.321. The predicted molar refractivity (Wildman–Crippen MR) is 131 cm³/mol.